The standard InChI is InChI=1S/C6H6N2S.2C2H6/c1-4-6(3-7)8-5(2)9-4;2*1-2/h1-2H3;2*1-2H3. The maximum absolute atomic E-state index is 8.43. The fourth-order valence-corrected chi connectivity index (χ4v) is 1.40. The zero-order valence-corrected chi connectivity index (χ0v) is 10.1. The van der Waals surface area contributed by atoms with E-state index in [0.29, 0.717) is 5.69 Å². The Labute approximate surface area is 85.3 Å². The van der Waals surface area contributed by atoms with Gasteiger partial charge >= 0.3 is 0 Å². The summed E-state index contributed by atoms with van der Waals surface area (Å²) in [7, 11) is 0. The van der Waals surface area contributed by atoms with E-state index < -0.39 is 0 Å². The molecule has 0 aliphatic heterocycles. The third-order valence-electron chi connectivity index (χ3n) is 1.01. The van der Waals surface area contributed by atoms with Crippen molar-refractivity contribution in [3.8, 4) is 6.07 Å². The van der Waals surface area contributed by atoms with Crippen molar-refractivity contribution >= 4 is 11.3 Å². The van der Waals surface area contributed by atoms with Gasteiger partial charge in [0.15, 0.2) is 5.69 Å². The molecule has 3 heteroatoms. The number of aryl methyl sites for hydroxylation is 2. The summed E-state index contributed by atoms with van der Waals surface area (Å²) in [5, 5.41) is 9.39. The first-order valence-electron chi connectivity index (χ1n) is 4.58. The van der Waals surface area contributed by atoms with E-state index in [-0.39, 0.29) is 0 Å². The van der Waals surface area contributed by atoms with E-state index in [4.69, 9.17) is 5.26 Å². The van der Waals surface area contributed by atoms with Crippen LogP contribution in [0.3, 0.4) is 0 Å². The molecule has 0 saturated carbocycles. The molecule has 0 atom stereocenters. The van der Waals surface area contributed by atoms with Crippen LogP contribution >= 0.6 is 11.3 Å². The molecule has 1 rings (SSSR count). The maximum Gasteiger partial charge on any atom is 0.154 e. The van der Waals surface area contributed by atoms with Crippen molar-refractivity contribution in [1.82, 2.24) is 4.98 Å². The largest absolute Gasteiger partial charge is 0.231 e. The summed E-state index contributed by atoms with van der Waals surface area (Å²) < 4.78 is 0. The molecule has 0 bridgehead atoms. The van der Waals surface area contributed by atoms with Crippen LogP contribution < -0.4 is 0 Å². The van der Waals surface area contributed by atoms with Gasteiger partial charge in [-0.3, -0.25) is 0 Å². The average molecular weight is 198 g/mol. The zero-order valence-electron chi connectivity index (χ0n) is 9.30. The molecule has 2 nitrogen and oxygen atoms in total. The Bertz CT molecular complexity index is 258. The van der Waals surface area contributed by atoms with Gasteiger partial charge in [-0.1, -0.05) is 27.7 Å². The van der Waals surface area contributed by atoms with Gasteiger partial charge in [-0.15, -0.1) is 11.3 Å². The van der Waals surface area contributed by atoms with Gasteiger partial charge in [0.25, 0.3) is 0 Å². The van der Waals surface area contributed by atoms with Crippen LogP contribution in [0.25, 0.3) is 0 Å². The van der Waals surface area contributed by atoms with E-state index in [9.17, 15) is 0 Å². The van der Waals surface area contributed by atoms with Crippen LogP contribution in [0.1, 0.15) is 43.3 Å². The molecule has 0 radical (unpaired) electrons. The van der Waals surface area contributed by atoms with Gasteiger partial charge in [0, 0.05) is 4.88 Å². The molecule has 0 fully saturated rings. The monoisotopic (exact) mass is 198 g/mol. The highest BCUT2D eigenvalue weighted by Gasteiger charge is 2.00. The van der Waals surface area contributed by atoms with Gasteiger partial charge in [0.2, 0.25) is 0 Å². The summed E-state index contributed by atoms with van der Waals surface area (Å²) >= 11 is 1.56. The number of rotatable bonds is 0. The minimum Gasteiger partial charge on any atom is -0.231 e. The first-order valence-corrected chi connectivity index (χ1v) is 5.40. The summed E-state index contributed by atoms with van der Waals surface area (Å²) in [6.07, 6.45) is 0. The summed E-state index contributed by atoms with van der Waals surface area (Å²) in [6, 6.07) is 2.02. The number of thiazole rings is 1. The number of nitriles is 1. The molecule has 0 spiro atoms. The van der Waals surface area contributed by atoms with Crippen molar-refractivity contribution in [3.05, 3.63) is 15.6 Å². The summed E-state index contributed by atoms with van der Waals surface area (Å²) in [5.74, 6) is 0. The lowest BCUT2D eigenvalue weighted by Gasteiger charge is -1.74. The number of hydrogen-bond acceptors (Lipinski definition) is 3. The number of hydrogen-bond donors (Lipinski definition) is 0. The molecular weight excluding hydrogens is 180 g/mol. The first-order chi connectivity index (χ1) is 6.24. The second kappa shape index (κ2) is 9.21. The highest BCUT2D eigenvalue weighted by molar-refractivity contribution is 7.11. The van der Waals surface area contributed by atoms with E-state index in [1.807, 2.05) is 47.6 Å². The van der Waals surface area contributed by atoms with Gasteiger partial charge in [0.05, 0.1) is 5.01 Å². The molecule has 0 N–H and O–H groups in total. The molecule has 0 aliphatic carbocycles. The highest BCUT2D eigenvalue weighted by atomic mass is 32.1. The number of aromatic nitrogens is 1. The van der Waals surface area contributed by atoms with Crippen molar-refractivity contribution < 1.29 is 0 Å². The average Bonchev–Trinajstić information content (AvgIpc) is 2.51. The Hall–Kier alpha value is -0.880. The van der Waals surface area contributed by atoms with E-state index in [1.165, 1.54) is 0 Å². The molecule has 74 valence electrons. The molecule has 0 saturated heterocycles. The third-order valence-corrected chi connectivity index (χ3v) is 1.90. The van der Waals surface area contributed by atoms with Crippen molar-refractivity contribution in [2.75, 3.05) is 0 Å². The Morgan fingerprint density at radius 3 is 1.77 bits per heavy atom. The molecule has 1 aromatic rings. The van der Waals surface area contributed by atoms with Crippen molar-refractivity contribution in [2.45, 2.75) is 41.5 Å². The lowest BCUT2D eigenvalue weighted by molar-refractivity contribution is 1.23. The fourth-order valence-electron chi connectivity index (χ4n) is 0.633. The van der Waals surface area contributed by atoms with Gasteiger partial charge in [-0.05, 0) is 13.8 Å². The van der Waals surface area contributed by atoms with Crippen molar-refractivity contribution in [2.24, 2.45) is 0 Å². The quantitative estimate of drug-likeness (QED) is 0.637. The fraction of sp³-hybridized carbons (Fsp3) is 0.600. The smallest absolute Gasteiger partial charge is 0.154 e. The van der Waals surface area contributed by atoms with Gasteiger partial charge in [-0.2, -0.15) is 5.26 Å². The van der Waals surface area contributed by atoms with Crippen LogP contribution in [-0.2, 0) is 0 Å². The van der Waals surface area contributed by atoms with E-state index in [0.717, 1.165) is 9.88 Å². The second-order valence-corrected chi connectivity index (χ2v) is 3.16. The molecule has 1 aromatic heterocycles. The zero-order chi connectivity index (χ0) is 10.9. The molecule has 0 amide bonds. The summed E-state index contributed by atoms with van der Waals surface area (Å²) in [5.41, 5.74) is 0.567. The van der Waals surface area contributed by atoms with Crippen LogP contribution in [0.4, 0.5) is 0 Å². The lowest BCUT2D eigenvalue weighted by atomic mass is 10.4. The van der Waals surface area contributed by atoms with Gasteiger partial charge in [0.1, 0.15) is 6.07 Å². The molecular formula is C10H18N2S. The molecule has 1 heterocycles. The van der Waals surface area contributed by atoms with Crippen LogP contribution in [0.5, 0.6) is 0 Å². The van der Waals surface area contributed by atoms with Crippen molar-refractivity contribution in [3.63, 3.8) is 0 Å². The van der Waals surface area contributed by atoms with Crippen LogP contribution in [0.15, 0.2) is 0 Å². The first kappa shape index (κ1) is 14.6. The highest BCUT2D eigenvalue weighted by Crippen LogP contribution is 2.14. The van der Waals surface area contributed by atoms with Gasteiger partial charge < -0.3 is 0 Å². The van der Waals surface area contributed by atoms with E-state index >= 15 is 0 Å². The SMILES string of the molecule is CC.CC.Cc1nc(C#N)c(C)s1. The van der Waals surface area contributed by atoms with Crippen LogP contribution in [-0.4, -0.2) is 4.98 Å². The van der Waals surface area contributed by atoms with E-state index in [2.05, 4.69) is 4.98 Å². The normalized spacial score (nSPS) is 7.15. The Balaban J connectivity index is 0. The Morgan fingerprint density at radius 1 is 1.15 bits per heavy atom. The summed E-state index contributed by atoms with van der Waals surface area (Å²) in [6.45, 7) is 11.8. The van der Waals surface area contributed by atoms with Crippen LogP contribution in [0.2, 0.25) is 0 Å². The van der Waals surface area contributed by atoms with Crippen molar-refractivity contribution in [1.29, 1.82) is 5.26 Å². The molecule has 0 unspecified atom stereocenters. The predicted molar refractivity (Wildman–Crippen MR) is 59.0 cm³/mol. The topological polar surface area (TPSA) is 36.7 Å². The predicted octanol–water partition coefficient (Wildman–Crippen LogP) is 3.68. The minimum atomic E-state index is 0.567. The van der Waals surface area contributed by atoms with Gasteiger partial charge in [-0.25, -0.2) is 4.98 Å². The molecule has 13 heavy (non-hydrogen) atoms. The lowest BCUT2D eigenvalue weighted by Crippen LogP contribution is -1.74. The summed E-state index contributed by atoms with van der Waals surface area (Å²) in [4.78, 5) is 5.00. The third kappa shape index (κ3) is 5.37. The molecule has 0 aliphatic rings. The maximum atomic E-state index is 8.43. The minimum absolute atomic E-state index is 0.567. The Kier molecular flexibility index (Phi) is 10.4. The Morgan fingerprint density at radius 2 is 1.62 bits per heavy atom. The molecule has 0 aromatic carbocycles. The number of nitrogens with zero attached hydrogens (tertiary/aromatic N) is 2. The van der Waals surface area contributed by atoms with E-state index in [1.54, 1.807) is 11.3 Å². The van der Waals surface area contributed by atoms with Crippen LogP contribution in [0, 0.1) is 25.2 Å². The second-order valence-electron chi connectivity index (χ2n) is 1.75.